The van der Waals surface area contributed by atoms with Crippen molar-refractivity contribution >= 4 is 17.6 Å². The summed E-state index contributed by atoms with van der Waals surface area (Å²) in [4.78, 5) is 14.5. The van der Waals surface area contributed by atoms with Crippen molar-refractivity contribution in [1.82, 2.24) is 4.98 Å². The second-order valence-electron chi connectivity index (χ2n) is 3.23. The number of aliphatic carboxylic acids is 1. The van der Waals surface area contributed by atoms with Crippen LogP contribution in [0.1, 0.15) is 13.8 Å². The molecule has 1 N–H and O–H groups in total. The molecule has 1 heterocycles. The van der Waals surface area contributed by atoms with Gasteiger partial charge in [-0.2, -0.15) is 0 Å². The highest BCUT2D eigenvalue weighted by Crippen LogP contribution is 2.17. The van der Waals surface area contributed by atoms with Crippen molar-refractivity contribution < 1.29 is 14.6 Å². The number of ether oxygens (including phenoxy) is 1. The summed E-state index contributed by atoms with van der Waals surface area (Å²) in [6.07, 6.45) is 1.40. The van der Waals surface area contributed by atoms with Crippen LogP contribution in [0.25, 0.3) is 0 Å². The molecule has 1 aromatic rings. The molecule has 0 radical (unpaired) electrons. The summed E-state index contributed by atoms with van der Waals surface area (Å²) in [5.41, 5.74) is -1.29. The van der Waals surface area contributed by atoms with Crippen LogP contribution in [0.15, 0.2) is 18.3 Å². The molecule has 0 aromatic carbocycles. The van der Waals surface area contributed by atoms with Crippen molar-refractivity contribution in [2.24, 2.45) is 0 Å². The van der Waals surface area contributed by atoms with Crippen LogP contribution >= 0.6 is 11.6 Å². The van der Waals surface area contributed by atoms with E-state index in [0.717, 1.165) is 0 Å². The summed E-state index contributed by atoms with van der Waals surface area (Å²) in [5.74, 6) is -0.809. The number of pyridine rings is 1. The molecule has 0 unspecified atom stereocenters. The summed E-state index contributed by atoms with van der Waals surface area (Å²) in [6.45, 7) is 2.90. The summed E-state index contributed by atoms with van der Waals surface area (Å²) in [7, 11) is 0. The lowest BCUT2D eigenvalue weighted by Gasteiger charge is -2.20. The minimum atomic E-state index is -1.29. The molecular weight excluding hydrogens is 206 g/mol. The fraction of sp³-hybridized carbons (Fsp3) is 0.333. The first kappa shape index (κ1) is 10.8. The van der Waals surface area contributed by atoms with Gasteiger partial charge in [-0.3, -0.25) is 0 Å². The predicted molar refractivity (Wildman–Crippen MR) is 51.6 cm³/mol. The number of rotatable bonds is 3. The second-order valence-corrected chi connectivity index (χ2v) is 3.67. The molecule has 4 nitrogen and oxygen atoms in total. The highest BCUT2D eigenvalue weighted by Gasteiger charge is 2.29. The van der Waals surface area contributed by atoms with Crippen LogP contribution in [0.2, 0.25) is 5.02 Å². The zero-order valence-electron chi connectivity index (χ0n) is 7.82. The van der Waals surface area contributed by atoms with E-state index in [2.05, 4.69) is 4.98 Å². The number of hydrogen-bond donors (Lipinski definition) is 1. The van der Waals surface area contributed by atoms with E-state index in [0.29, 0.717) is 5.02 Å². The molecule has 14 heavy (non-hydrogen) atoms. The molecule has 0 fully saturated rings. The maximum Gasteiger partial charge on any atom is 0.347 e. The largest absolute Gasteiger partial charge is 0.478 e. The standard InChI is InChI=1S/C9H10ClNO3/c1-9(2,8(12)13)14-7-4-3-6(10)5-11-7/h3-5H,1-2H3,(H,12,13). The third-order valence-electron chi connectivity index (χ3n) is 1.58. The van der Waals surface area contributed by atoms with E-state index < -0.39 is 11.6 Å². The van der Waals surface area contributed by atoms with Gasteiger partial charge in [-0.25, -0.2) is 9.78 Å². The van der Waals surface area contributed by atoms with Gasteiger partial charge in [-0.05, 0) is 19.9 Å². The Balaban J connectivity index is 2.79. The quantitative estimate of drug-likeness (QED) is 0.838. The Morgan fingerprint density at radius 3 is 2.64 bits per heavy atom. The first-order chi connectivity index (χ1) is 6.42. The average Bonchev–Trinajstić information content (AvgIpc) is 2.08. The third-order valence-corrected chi connectivity index (χ3v) is 1.80. The maximum atomic E-state index is 10.7. The molecule has 1 aromatic heterocycles. The highest BCUT2D eigenvalue weighted by atomic mass is 35.5. The van der Waals surface area contributed by atoms with Crippen LogP contribution in [-0.4, -0.2) is 21.7 Å². The van der Waals surface area contributed by atoms with Gasteiger partial charge in [-0.1, -0.05) is 11.6 Å². The molecule has 0 amide bonds. The molecule has 0 aliphatic carbocycles. The van der Waals surface area contributed by atoms with Crippen molar-refractivity contribution in [3.63, 3.8) is 0 Å². The van der Waals surface area contributed by atoms with Crippen molar-refractivity contribution in [2.45, 2.75) is 19.4 Å². The lowest BCUT2D eigenvalue weighted by molar-refractivity contribution is -0.152. The topological polar surface area (TPSA) is 59.4 Å². The van der Waals surface area contributed by atoms with Crippen LogP contribution < -0.4 is 4.74 Å². The smallest absolute Gasteiger partial charge is 0.347 e. The lowest BCUT2D eigenvalue weighted by Crippen LogP contribution is -2.38. The number of carboxylic acids is 1. The molecule has 5 heteroatoms. The normalized spacial score (nSPS) is 11.1. The van der Waals surface area contributed by atoms with Gasteiger partial charge in [-0.15, -0.1) is 0 Å². The Hall–Kier alpha value is -1.29. The average molecular weight is 216 g/mol. The predicted octanol–water partition coefficient (Wildman–Crippen LogP) is 1.98. The Morgan fingerprint density at radius 2 is 2.21 bits per heavy atom. The molecule has 0 bridgehead atoms. The zero-order chi connectivity index (χ0) is 10.8. The van der Waals surface area contributed by atoms with Crippen LogP contribution in [-0.2, 0) is 4.79 Å². The van der Waals surface area contributed by atoms with Gasteiger partial charge < -0.3 is 9.84 Å². The van der Waals surface area contributed by atoms with Gasteiger partial charge >= 0.3 is 5.97 Å². The fourth-order valence-corrected chi connectivity index (χ4v) is 0.839. The fourth-order valence-electron chi connectivity index (χ4n) is 0.728. The van der Waals surface area contributed by atoms with E-state index in [1.165, 1.54) is 26.1 Å². The van der Waals surface area contributed by atoms with Crippen molar-refractivity contribution in [2.75, 3.05) is 0 Å². The van der Waals surface area contributed by atoms with E-state index in [1.807, 2.05) is 0 Å². The summed E-state index contributed by atoms with van der Waals surface area (Å²) >= 11 is 5.61. The summed E-state index contributed by atoms with van der Waals surface area (Å²) in [5, 5.41) is 9.26. The first-order valence-electron chi connectivity index (χ1n) is 3.96. The lowest BCUT2D eigenvalue weighted by atomic mass is 10.1. The van der Waals surface area contributed by atoms with Crippen LogP contribution in [0, 0.1) is 0 Å². The Bertz CT molecular complexity index is 334. The van der Waals surface area contributed by atoms with Crippen LogP contribution in [0.3, 0.4) is 0 Å². The minimum Gasteiger partial charge on any atom is -0.478 e. The zero-order valence-corrected chi connectivity index (χ0v) is 8.58. The summed E-state index contributed by atoms with van der Waals surface area (Å²) < 4.78 is 5.15. The molecule has 0 atom stereocenters. The van der Waals surface area contributed by atoms with Crippen molar-refractivity contribution in [3.05, 3.63) is 23.4 Å². The Labute approximate surface area is 86.5 Å². The minimum absolute atomic E-state index is 0.238. The number of nitrogens with zero attached hydrogens (tertiary/aromatic N) is 1. The molecule has 0 saturated carbocycles. The van der Waals surface area contributed by atoms with Gasteiger partial charge in [0.05, 0.1) is 5.02 Å². The van der Waals surface area contributed by atoms with Crippen molar-refractivity contribution in [3.8, 4) is 5.88 Å². The monoisotopic (exact) mass is 215 g/mol. The van der Waals surface area contributed by atoms with Gasteiger partial charge in [0.15, 0.2) is 0 Å². The number of carboxylic acid groups (broad SMARTS) is 1. The van der Waals surface area contributed by atoms with Crippen LogP contribution in [0.5, 0.6) is 5.88 Å². The van der Waals surface area contributed by atoms with E-state index in [9.17, 15) is 4.79 Å². The Morgan fingerprint density at radius 1 is 1.57 bits per heavy atom. The highest BCUT2D eigenvalue weighted by molar-refractivity contribution is 6.30. The molecule has 76 valence electrons. The molecule has 0 aliphatic rings. The van der Waals surface area contributed by atoms with Gasteiger partial charge in [0.1, 0.15) is 0 Å². The number of hydrogen-bond acceptors (Lipinski definition) is 3. The van der Waals surface area contributed by atoms with E-state index >= 15 is 0 Å². The third kappa shape index (κ3) is 2.60. The second kappa shape index (κ2) is 3.84. The molecule has 0 aliphatic heterocycles. The van der Waals surface area contributed by atoms with Gasteiger partial charge in [0.2, 0.25) is 11.5 Å². The van der Waals surface area contributed by atoms with Crippen molar-refractivity contribution in [1.29, 1.82) is 0 Å². The van der Waals surface area contributed by atoms with E-state index in [4.69, 9.17) is 21.4 Å². The molecule has 1 rings (SSSR count). The van der Waals surface area contributed by atoms with Gasteiger partial charge in [0, 0.05) is 12.3 Å². The molecular formula is C9H10ClNO3. The number of halogens is 1. The van der Waals surface area contributed by atoms with Crippen LogP contribution in [0.4, 0.5) is 0 Å². The SMILES string of the molecule is CC(C)(Oc1ccc(Cl)cn1)C(=O)O. The van der Waals surface area contributed by atoms with Gasteiger partial charge in [0.25, 0.3) is 0 Å². The molecule has 0 spiro atoms. The van der Waals surface area contributed by atoms with E-state index in [-0.39, 0.29) is 5.88 Å². The summed E-state index contributed by atoms with van der Waals surface area (Å²) in [6, 6.07) is 3.11. The number of carbonyl (C=O) groups is 1. The Kier molecular flexibility index (Phi) is 2.96. The molecule has 0 saturated heterocycles. The van der Waals surface area contributed by atoms with E-state index in [1.54, 1.807) is 6.07 Å². The first-order valence-corrected chi connectivity index (χ1v) is 4.33. The maximum absolute atomic E-state index is 10.7. The number of aromatic nitrogens is 1.